The normalized spacial score (nSPS) is 13.3. The Balaban J connectivity index is 1.49. The van der Waals surface area contributed by atoms with Crippen molar-refractivity contribution in [1.29, 1.82) is 5.26 Å². The van der Waals surface area contributed by atoms with Gasteiger partial charge in [-0.15, -0.1) is 0 Å². The lowest BCUT2D eigenvalue weighted by atomic mass is 10.00. The molecular formula is C22H19N3OS. The minimum atomic E-state index is 0.0872. The van der Waals surface area contributed by atoms with Gasteiger partial charge >= 0.3 is 0 Å². The minimum Gasteiger partial charge on any atom is -0.337 e. The molecule has 27 heavy (non-hydrogen) atoms. The molecule has 0 spiro atoms. The Morgan fingerprint density at radius 3 is 2.85 bits per heavy atom. The number of carbonyl (C=O) groups is 1. The van der Waals surface area contributed by atoms with Crippen molar-refractivity contribution in [2.45, 2.75) is 24.9 Å². The van der Waals surface area contributed by atoms with Crippen LogP contribution in [0, 0.1) is 18.3 Å². The highest BCUT2D eigenvalue weighted by atomic mass is 32.2. The monoisotopic (exact) mass is 373 g/mol. The van der Waals surface area contributed by atoms with Gasteiger partial charge < -0.3 is 4.90 Å². The van der Waals surface area contributed by atoms with E-state index in [0.717, 1.165) is 29.4 Å². The van der Waals surface area contributed by atoms with Crippen LogP contribution in [0.1, 0.15) is 22.3 Å². The summed E-state index contributed by atoms with van der Waals surface area (Å²) >= 11 is 1.35. The standard InChI is InChI=1S/C22H19N3OS/c1-15-6-7-20-18(10-15)11-19(12-23)22(24-20)27-14-21(26)25-9-8-16-4-2-3-5-17(16)13-25/h2-7,10-11H,8-9,13-14H2,1H3. The zero-order valence-corrected chi connectivity index (χ0v) is 15.9. The van der Waals surface area contributed by atoms with E-state index in [4.69, 9.17) is 0 Å². The number of thioether (sulfide) groups is 1. The van der Waals surface area contributed by atoms with Crippen LogP contribution in [0.4, 0.5) is 0 Å². The lowest BCUT2D eigenvalue weighted by molar-refractivity contribution is -0.129. The van der Waals surface area contributed by atoms with E-state index in [-0.39, 0.29) is 5.91 Å². The minimum absolute atomic E-state index is 0.0872. The summed E-state index contributed by atoms with van der Waals surface area (Å²) in [6, 6.07) is 18.3. The van der Waals surface area contributed by atoms with Crippen molar-refractivity contribution in [2.24, 2.45) is 0 Å². The van der Waals surface area contributed by atoms with E-state index >= 15 is 0 Å². The van der Waals surface area contributed by atoms with Crippen LogP contribution >= 0.6 is 11.8 Å². The summed E-state index contributed by atoms with van der Waals surface area (Å²) in [5, 5.41) is 11.0. The van der Waals surface area contributed by atoms with Gasteiger partial charge in [0.05, 0.1) is 16.8 Å². The number of hydrogen-bond donors (Lipinski definition) is 0. The highest BCUT2D eigenvalue weighted by Gasteiger charge is 2.21. The molecule has 0 unspecified atom stereocenters. The van der Waals surface area contributed by atoms with Gasteiger partial charge in [-0.05, 0) is 42.7 Å². The highest BCUT2D eigenvalue weighted by molar-refractivity contribution is 8.00. The third-order valence-corrected chi connectivity index (χ3v) is 5.85. The van der Waals surface area contributed by atoms with Gasteiger partial charge in [0.25, 0.3) is 0 Å². The molecule has 1 amide bonds. The molecule has 0 saturated carbocycles. The second-order valence-corrected chi connectivity index (χ2v) is 7.74. The number of carbonyl (C=O) groups excluding carboxylic acids is 1. The number of nitrogens with zero attached hydrogens (tertiary/aromatic N) is 3. The summed E-state index contributed by atoms with van der Waals surface area (Å²) in [5.74, 6) is 0.380. The molecular weight excluding hydrogens is 354 g/mol. The Hall–Kier alpha value is -2.84. The number of pyridine rings is 1. The lowest BCUT2D eigenvalue weighted by Crippen LogP contribution is -2.37. The second-order valence-electron chi connectivity index (χ2n) is 6.77. The molecule has 0 aliphatic carbocycles. The van der Waals surface area contributed by atoms with Crippen molar-refractivity contribution >= 4 is 28.6 Å². The highest BCUT2D eigenvalue weighted by Crippen LogP contribution is 2.26. The number of amides is 1. The predicted molar refractivity (Wildman–Crippen MR) is 107 cm³/mol. The van der Waals surface area contributed by atoms with Gasteiger partial charge in [0, 0.05) is 18.5 Å². The van der Waals surface area contributed by atoms with Crippen molar-refractivity contribution in [3.8, 4) is 6.07 Å². The van der Waals surface area contributed by atoms with Crippen LogP contribution in [0.2, 0.25) is 0 Å². The third kappa shape index (κ3) is 3.67. The Morgan fingerprint density at radius 1 is 1.22 bits per heavy atom. The van der Waals surface area contributed by atoms with Crippen LogP contribution in [0.15, 0.2) is 53.6 Å². The SMILES string of the molecule is Cc1ccc2nc(SCC(=O)N3CCc4ccccc4C3)c(C#N)cc2c1. The van der Waals surface area contributed by atoms with Crippen LogP contribution in [0.5, 0.6) is 0 Å². The number of rotatable bonds is 3. The fourth-order valence-electron chi connectivity index (χ4n) is 3.40. The Labute approximate surface area is 162 Å². The van der Waals surface area contributed by atoms with Gasteiger partial charge in [0.15, 0.2) is 0 Å². The summed E-state index contributed by atoms with van der Waals surface area (Å²) in [6.07, 6.45) is 0.892. The number of aromatic nitrogens is 1. The van der Waals surface area contributed by atoms with E-state index in [1.165, 1.54) is 22.9 Å². The Kier molecular flexibility index (Phi) is 4.83. The maximum absolute atomic E-state index is 12.7. The van der Waals surface area contributed by atoms with E-state index < -0.39 is 0 Å². The molecule has 4 rings (SSSR count). The molecule has 0 atom stereocenters. The van der Waals surface area contributed by atoms with Crippen LogP contribution in [0.25, 0.3) is 10.9 Å². The molecule has 1 aliphatic rings. The first kappa shape index (κ1) is 17.6. The average Bonchev–Trinajstić information content (AvgIpc) is 2.70. The summed E-state index contributed by atoms with van der Waals surface area (Å²) in [5.41, 5.74) is 5.05. The van der Waals surface area contributed by atoms with E-state index in [9.17, 15) is 10.1 Å². The van der Waals surface area contributed by atoms with Crippen molar-refractivity contribution in [1.82, 2.24) is 9.88 Å². The summed E-state index contributed by atoms with van der Waals surface area (Å²) in [4.78, 5) is 19.2. The van der Waals surface area contributed by atoms with Gasteiger partial charge in [-0.2, -0.15) is 5.26 Å². The van der Waals surface area contributed by atoms with Crippen molar-refractivity contribution in [3.63, 3.8) is 0 Å². The molecule has 1 aromatic heterocycles. The summed E-state index contributed by atoms with van der Waals surface area (Å²) in [6.45, 7) is 3.42. The first-order valence-electron chi connectivity index (χ1n) is 8.93. The second kappa shape index (κ2) is 7.42. The number of aryl methyl sites for hydroxylation is 1. The fraction of sp³-hybridized carbons (Fsp3) is 0.227. The smallest absolute Gasteiger partial charge is 0.233 e. The molecule has 134 valence electrons. The number of fused-ring (bicyclic) bond motifs is 2. The van der Waals surface area contributed by atoms with Crippen molar-refractivity contribution < 1.29 is 4.79 Å². The maximum atomic E-state index is 12.7. The molecule has 0 saturated heterocycles. The Morgan fingerprint density at radius 2 is 2.04 bits per heavy atom. The molecule has 2 aromatic carbocycles. The molecule has 0 radical (unpaired) electrons. The van der Waals surface area contributed by atoms with Gasteiger partial charge in [-0.1, -0.05) is 47.7 Å². The van der Waals surface area contributed by atoms with Crippen LogP contribution in [-0.4, -0.2) is 28.1 Å². The fourth-order valence-corrected chi connectivity index (χ4v) is 4.26. The van der Waals surface area contributed by atoms with Gasteiger partial charge in [0.2, 0.25) is 5.91 Å². The van der Waals surface area contributed by atoms with Crippen LogP contribution in [0.3, 0.4) is 0 Å². The molecule has 0 fully saturated rings. The molecule has 4 nitrogen and oxygen atoms in total. The Bertz CT molecular complexity index is 1070. The van der Waals surface area contributed by atoms with E-state index in [1.807, 2.05) is 48.2 Å². The molecule has 2 heterocycles. The van der Waals surface area contributed by atoms with Gasteiger partial charge in [-0.25, -0.2) is 4.98 Å². The van der Waals surface area contributed by atoms with E-state index in [1.54, 1.807) is 0 Å². The van der Waals surface area contributed by atoms with Crippen LogP contribution in [-0.2, 0) is 17.8 Å². The molecule has 5 heteroatoms. The predicted octanol–water partition coefficient (Wildman–Crippen LogP) is 4.09. The molecule has 1 aliphatic heterocycles. The number of benzene rings is 2. The van der Waals surface area contributed by atoms with Gasteiger partial charge in [-0.3, -0.25) is 4.79 Å². The number of nitriles is 1. The summed E-state index contributed by atoms with van der Waals surface area (Å²) in [7, 11) is 0. The third-order valence-electron chi connectivity index (χ3n) is 4.87. The molecule has 0 bridgehead atoms. The largest absolute Gasteiger partial charge is 0.337 e. The quantitative estimate of drug-likeness (QED) is 0.649. The van der Waals surface area contributed by atoms with E-state index in [0.29, 0.717) is 22.9 Å². The lowest BCUT2D eigenvalue weighted by Gasteiger charge is -2.28. The number of hydrogen-bond acceptors (Lipinski definition) is 4. The molecule has 3 aromatic rings. The summed E-state index contributed by atoms with van der Waals surface area (Å²) < 4.78 is 0. The van der Waals surface area contributed by atoms with E-state index in [2.05, 4.69) is 23.2 Å². The zero-order valence-electron chi connectivity index (χ0n) is 15.1. The average molecular weight is 373 g/mol. The zero-order chi connectivity index (χ0) is 18.8. The van der Waals surface area contributed by atoms with Crippen LogP contribution < -0.4 is 0 Å². The maximum Gasteiger partial charge on any atom is 0.233 e. The molecule has 0 N–H and O–H groups in total. The topological polar surface area (TPSA) is 57.0 Å². The van der Waals surface area contributed by atoms with Crippen molar-refractivity contribution in [3.05, 3.63) is 70.8 Å². The van der Waals surface area contributed by atoms with Gasteiger partial charge in [0.1, 0.15) is 11.1 Å². The first-order valence-corrected chi connectivity index (χ1v) is 9.91. The van der Waals surface area contributed by atoms with Crippen molar-refractivity contribution in [2.75, 3.05) is 12.3 Å². The first-order chi connectivity index (χ1) is 13.1.